The van der Waals surface area contributed by atoms with Crippen LogP contribution in [0.3, 0.4) is 0 Å². The number of amides is 2. The predicted molar refractivity (Wildman–Crippen MR) is 91.8 cm³/mol. The van der Waals surface area contributed by atoms with E-state index in [2.05, 4.69) is 15.2 Å². The molecule has 0 aliphatic carbocycles. The van der Waals surface area contributed by atoms with Crippen molar-refractivity contribution >= 4 is 11.8 Å². The summed E-state index contributed by atoms with van der Waals surface area (Å²) in [5.74, 6) is 0.333. The molecule has 1 fully saturated rings. The van der Waals surface area contributed by atoms with Crippen LogP contribution in [0, 0.1) is 0 Å². The Morgan fingerprint density at radius 1 is 1.16 bits per heavy atom. The van der Waals surface area contributed by atoms with Gasteiger partial charge in [-0.15, -0.1) is 0 Å². The highest BCUT2D eigenvalue weighted by Crippen LogP contribution is 2.09. The molecule has 0 aromatic carbocycles. The van der Waals surface area contributed by atoms with Crippen LogP contribution in [0.1, 0.15) is 22.5 Å². The molecule has 25 heavy (non-hydrogen) atoms. The maximum Gasteiger partial charge on any atom is 0.289 e. The minimum absolute atomic E-state index is 0.0259. The highest BCUT2D eigenvalue weighted by molar-refractivity contribution is 5.91. The molecule has 0 unspecified atom stereocenters. The standard InChI is InChI=1S/C18H22N4O3/c23-17(20-14-15-3-1-6-19-13-15)5-7-21-8-10-22(11-9-21)18(24)16-4-2-12-25-16/h1-4,6,12-13H,5,7-11,14H2,(H,20,23). The Kier molecular flexibility index (Phi) is 5.79. The molecule has 1 saturated heterocycles. The van der Waals surface area contributed by atoms with E-state index in [4.69, 9.17) is 4.42 Å². The number of nitrogens with zero attached hydrogens (tertiary/aromatic N) is 3. The topological polar surface area (TPSA) is 78.7 Å². The Labute approximate surface area is 146 Å². The lowest BCUT2D eigenvalue weighted by Crippen LogP contribution is -2.49. The molecule has 2 aromatic heterocycles. The molecule has 2 amide bonds. The molecule has 0 saturated carbocycles. The van der Waals surface area contributed by atoms with Gasteiger partial charge in [-0.05, 0) is 23.8 Å². The average Bonchev–Trinajstić information content (AvgIpc) is 3.20. The molecule has 2 aromatic rings. The van der Waals surface area contributed by atoms with Crippen molar-refractivity contribution in [1.29, 1.82) is 0 Å². The molecule has 1 aliphatic heterocycles. The lowest BCUT2D eigenvalue weighted by molar-refractivity contribution is -0.121. The van der Waals surface area contributed by atoms with Gasteiger partial charge in [0.25, 0.3) is 5.91 Å². The van der Waals surface area contributed by atoms with E-state index in [9.17, 15) is 9.59 Å². The van der Waals surface area contributed by atoms with Gasteiger partial charge in [-0.2, -0.15) is 0 Å². The molecule has 132 valence electrons. The molecule has 7 heteroatoms. The number of rotatable bonds is 6. The van der Waals surface area contributed by atoms with Crippen LogP contribution in [-0.4, -0.2) is 59.3 Å². The molecular weight excluding hydrogens is 320 g/mol. The maximum atomic E-state index is 12.2. The van der Waals surface area contributed by atoms with Crippen LogP contribution in [0.5, 0.6) is 0 Å². The minimum atomic E-state index is -0.0705. The molecule has 0 radical (unpaired) electrons. The Hall–Kier alpha value is -2.67. The van der Waals surface area contributed by atoms with Crippen molar-refractivity contribution in [3.8, 4) is 0 Å². The van der Waals surface area contributed by atoms with Crippen LogP contribution in [0.25, 0.3) is 0 Å². The minimum Gasteiger partial charge on any atom is -0.459 e. The summed E-state index contributed by atoms with van der Waals surface area (Å²) in [4.78, 5) is 32.2. The van der Waals surface area contributed by atoms with E-state index in [1.54, 1.807) is 29.4 Å². The second-order valence-electron chi connectivity index (χ2n) is 6.00. The van der Waals surface area contributed by atoms with Crippen molar-refractivity contribution in [2.75, 3.05) is 32.7 Å². The van der Waals surface area contributed by atoms with E-state index in [1.807, 2.05) is 12.1 Å². The summed E-state index contributed by atoms with van der Waals surface area (Å²) in [6.07, 6.45) is 5.41. The molecular formula is C18H22N4O3. The zero-order valence-electron chi connectivity index (χ0n) is 14.1. The van der Waals surface area contributed by atoms with Gasteiger partial charge in [0.1, 0.15) is 0 Å². The first kappa shape index (κ1) is 17.2. The number of carbonyl (C=O) groups excluding carboxylic acids is 2. The second kappa shape index (κ2) is 8.43. The summed E-state index contributed by atoms with van der Waals surface area (Å²) >= 11 is 0. The highest BCUT2D eigenvalue weighted by atomic mass is 16.3. The average molecular weight is 342 g/mol. The molecule has 0 bridgehead atoms. The Bertz CT molecular complexity index is 680. The largest absolute Gasteiger partial charge is 0.459 e. The smallest absolute Gasteiger partial charge is 0.289 e. The van der Waals surface area contributed by atoms with E-state index in [0.29, 0.717) is 38.4 Å². The third kappa shape index (κ3) is 4.90. The molecule has 3 heterocycles. The van der Waals surface area contributed by atoms with E-state index in [-0.39, 0.29) is 11.8 Å². The van der Waals surface area contributed by atoms with Crippen LogP contribution in [0.2, 0.25) is 0 Å². The number of pyridine rings is 1. The van der Waals surface area contributed by atoms with E-state index >= 15 is 0 Å². The maximum absolute atomic E-state index is 12.2. The molecule has 1 aliphatic rings. The number of furan rings is 1. The van der Waals surface area contributed by atoms with Gasteiger partial charge >= 0.3 is 0 Å². The van der Waals surface area contributed by atoms with Crippen molar-refractivity contribution in [1.82, 2.24) is 20.1 Å². The monoisotopic (exact) mass is 342 g/mol. The zero-order chi connectivity index (χ0) is 17.5. The molecule has 3 rings (SSSR count). The van der Waals surface area contributed by atoms with Crippen molar-refractivity contribution in [3.63, 3.8) is 0 Å². The first-order valence-corrected chi connectivity index (χ1v) is 8.43. The van der Waals surface area contributed by atoms with Crippen molar-refractivity contribution in [3.05, 3.63) is 54.2 Å². The van der Waals surface area contributed by atoms with Crippen molar-refractivity contribution in [2.45, 2.75) is 13.0 Å². The second-order valence-corrected chi connectivity index (χ2v) is 6.00. The lowest BCUT2D eigenvalue weighted by Gasteiger charge is -2.34. The fraction of sp³-hybridized carbons (Fsp3) is 0.389. The molecule has 0 atom stereocenters. The zero-order valence-corrected chi connectivity index (χ0v) is 14.1. The number of nitrogens with one attached hydrogen (secondary N) is 1. The summed E-state index contributed by atoms with van der Waals surface area (Å²) < 4.78 is 5.16. The number of carbonyl (C=O) groups is 2. The van der Waals surface area contributed by atoms with Gasteiger partial charge in [0.05, 0.1) is 6.26 Å². The SMILES string of the molecule is O=C(CCN1CCN(C(=O)c2ccco2)CC1)NCc1cccnc1. The van der Waals surface area contributed by atoms with Gasteiger partial charge in [-0.1, -0.05) is 6.07 Å². The van der Waals surface area contributed by atoms with E-state index < -0.39 is 0 Å². The summed E-state index contributed by atoms with van der Waals surface area (Å²) in [6.45, 7) is 4.03. The number of aromatic nitrogens is 1. The number of piperazine rings is 1. The normalized spacial score (nSPS) is 15.1. The van der Waals surface area contributed by atoms with Gasteiger partial charge in [-0.3, -0.25) is 19.5 Å². The van der Waals surface area contributed by atoms with Crippen LogP contribution < -0.4 is 5.32 Å². The first-order valence-electron chi connectivity index (χ1n) is 8.43. The molecule has 7 nitrogen and oxygen atoms in total. The van der Waals surface area contributed by atoms with Crippen LogP contribution >= 0.6 is 0 Å². The van der Waals surface area contributed by atoms with E-state index in [0.717, 1.165) is 18.7 Å². The van der Waals surface area contributed by atoms with Crippen molar-refractivity contribution in [2.24, 2.45) is 0 Å². The highest BCUT2D eigenvalue weighted by Gasteiger charge is 2.23. The predicted octanol–water partition coefficient (Wildman–Crippen LogP) is 1.14. The Morgan fingerprint density at radius 3 is 2.68 bits per heavy atom. The van der Waals surface area contributed by atoms with Gasteiger partial charge < -0.3 is 14.6 Å². The van der Waals surface area contributed by atoms with Crippen molar-refractivity contribution < 1.29 is 14.0 Å². The molecule has 1 N–H and O–H groups in total. The third-order valence-corrected chi connectivity index (χ3v) is 4.26. The molecule has 0 spiro atoms. The number of hydrogen-bond acceptors (Lipinski definition) is 5. The summed E-state index contributed by atoms with van der Waals surface area (Å²) in [6, 6.07) is 7.18. The first-order chi connectivity index (χ1) is 12.2. The fourth-order valence-corrected chi connectivity index (χ4v) is 2.78. The van der Waals surface area contributed by atoms with Gasteiger partial charge in [0.2, 0.25) is 5.91 Å². The quantitative estimate of drug-likeness (QED) is 0.852. The van der Waals surface area contributed by atoms with Crippen LogP contribution in [0.15, 0.2) is 47.3 Å². The van der Waals surface area contributed by atoms with E-state index in [1.165, 1.54) is 6.26 Å². The van der Waals surface area contributed by atoms with Crippen LogP contribution in [0.4, 0.5) is 0 Å². The Morgan fingerprint density at radius 2 is 2.00 bits per heavy atom. The number of hydrogen-bond donors (Lipinski definition) is 1. The van der Waals surface area contributed by atoms with Gasteiger partial charge in [-0.25, -0.2) is 0 Å². The lowest BCUT2D eigenvalue weighted by atomic mass is 10.2. The third-order valence-electron chi connectivity index (χ3n) is 4.26. The fourth-order valence-electron chi connectivity index (χ4n) is 2.78. The summed E-state index contributed by atoms with van der Waals surface area (Å²) in [7, 11) is 0. The Balaban J connectivity index is 1.35. The summed E-state index contributed by atoms with van der Waals surface area (Å²) in [5.41, 5.74) is 0.987. The van der Waals surface area contributed by atoms with Gasteiger partial charge in [0.15, 0.2) is 5.76 Å². The van der Waals surface area contributed by atoms with Crippen LogP contribution in [-0.2, 0) is 11.3 Å². The summed E-state index contributed by atoms with van der Waals surface area (Å²) in [5, 5.41) is 2.90. The van der Waals surface area contributed by atoms with Gasteiger partial charge in [0, 0.05) is 58.1 Å².